The summed E-state index contributed by atoms with van der Waals surface area (Å²) in [5.74, 6) is 0. The van der Waals surface area contributed by atoms with Crippen molar-refractivity contribution in [1.29, 1.82) is 0 Å². The summed E-state index contributed by atoms with van der Waals surface area (Å²) in [6, 6.07) is 11.5. The monoisotopic (exact) mass is 233 g/mol. The molecule has 0 saturated heterocycles. The molecule has 1 atom stereocenters. The molecule has 4 heteroatoms. The first-order chi connectivity index (χ1) is 8.29. The highest BCUT2D eigenvalue weighted by Crippen LogP contribution is 2.12. The molecule has 1 aromatic heterocycles. The van der Waals surface area contributed by atoms with E-state index in [9.17, 15) is 4.39 Å². The van der Waals surface area contributed by atoms with E-state index >= 15 is 0 Å². The second-order valence-electron chi connectivity index (χ2n) is 4.05. The lowest BCUT2D eigenvalue weighted by atomic mass is 10.2. The van der Waals surface area contributed by atoms with Crippen molar-refractivity contribution in [2.45, 2.75) is 19.5 Å². The number of rotatable bonds is 5. The Morgan fingerprint density at radius 1 is 1.35 bits per heavy atom. The number of hydrogen-bond donors (Lipinski definition) is 2. The standard InChI is InChI=1S/C13H16FN3/c1-10-7-12(17-16-10)13(8-14)15-9-11-5-3-2-4-6-11/h2-7,13,15H,8-9H2,1H3,(H,16,17). The van der Waals surface area contributed by atoms with Crippen molar-refractivity contribution in [2.75, 3.05) is 6.67 Å². The maximum Gasteiger partial charge on any atom is 0.110 e. The Hall–Kier alpha value is -1.68. The molecule has 2 rings (SSSR count). The fourth-order valence-electron chi connectivity index (χ4n) is 1.69. The zero-order valence-electron chi connectivity index (χ0n) is 9.78. The molecular formula is C13H16FN3. The van der Waals surface area contributed by atoms with E-state index in [0.29, 0.717) is 6.54 Å². The van der Waals surface area contributed by atoms with Gasteiger partial charge in [0.25, 0.3) is 0 Å². The number of nitrogens with one attached hydrogen (secondary N) is 2. The van der Waals surface area contributed by atoms with Gasteiger partial charge in [0.1, 0.15) is 6.67 Å². The quantitative estimate of drug-likeness (QED) is 0.833. The molecule has 0 fully saturated rings. The first-order valence-electron chi connectivity index (χ1n) is 5.65. The average Bonchev–Trinajstić information content (AvgIpc) is 2.78. The van der Waals surface area contributed by atoms with Crippen LogP contribution in [0, 0.1) is 6.92 Å². The highest BCUT2D eigenvalue weighted by molar-refractivity contribution is 5.16. The fourth-order valence-corrected chi connectivity index (χ4v) is 1.69. The van der Waals surface area contributed by atoms with Crippen LogP contribution < -0.4 is 5.32 Å². The molecule has 1 aromatic carbocycles. The van der Waals surface area contributed by atoms with Crippen molar-refractivity contribution in [3.05, 3.63) is 53.3 Å². The molecule has 2 N–H and O–H groups in total. The molecule has 1 unspecified atom stereocenters. The fraction of sp³-hybridized carbons (Fsp3) is 0.308. The molecule has 17 heavy (non-hydrogen) atoms. The number of aromatic nitrogens is 2. The molecule has 0 aliphatic heterocycles. The van der Waals surface area contributed by atoms with Crippen molar-refractivity contribution in [2.24, 2.45) is 0 Å². The Kier molecular flexibility index (Phi) is 3.88. The van der Waals surface area contributed by atoms with Crippen LogP contribution >= 0.6 is 0 Å². The van der Waals surface area contributed by atoms with Crippen LogP contribution in [0.5, 0.6) is 0 Å². The zero-order valence-corrected chi connectivity index (χ0v) is 9.78. The van der Waals surface area contributed by atoms with Crippen molar-refractivity contribution < 1.29 is 4.39 Å². The molecule has 0 saturated carbocycles. The van der Waals surface area contributed by atoms with Gasteiger partial charge in [0.15, 0.2) is 0 Å². The lowest BCUT2D eigenvalue weighted by molar-refractivity contribution is 0.375. The van der Waals surface area contributed by atoms with Crippen LogP contribution in [0.1, 0.15) is 23.0 Å². The molecule has 0 radical (unpaired) electrons. The van der Waals surface area contributed by atoms with Gasteiger partial charge in [-0.2, -0.15) is 5.10 Å². The average molecular weight is 233 g/mol. The summed E-state index contributed by atoms with van der Waals surface area (Å²) in [5.41, 5.74) is 2.80. The van der Waals surface area contributed by atoms with Crippen LogP contribution in [0.4, 0.5) is 4.39 Å². The Morgan fingerprint density at radius 3 is 2.71 bits per heavy atom. The molecule has 0 spiro atoms. The maximum absolute atomic E-state index is 12.9. The minimum atomic E-state index is -0.461. The lowest BCUT2D eigenvalue weighted by Crippen LogP contribution is -2.22. The highest BCUT2D eigenvalue weighted by atomic mass is 19.1. The summed E-state index contributed by atoms with van der Waals surface area (Å²) in [5, 5.41) is 10.1. The van der Waals surface area contributed by atoms with E-state index in [2.05, 4.69) is 15.5 Å². The van der Waals surface area contributed by atoms with Gasteiger partial charge in [0, 0.05) is 12.2 Å². The molecule has 0 aliphatic rings. The van der Waals surface area contributed by atoms with Crippen molar-refractivity contribution in [3.8, 4) is 0 Å². The van der Waals surface area contributed by atoms with Crippen LogP contribution in [0.25, 0.3) is 0 Å². The number of aromatic amines is 1. The Morgan fingerprint density at radius 2 is 2.12 bits per heavy atom. The van der Waals surface area contributed by atoms with Crippen molar-refractivity contribution in [3.63, 3.8) is 0 Å². The number of hydrogen-bond acceptors (Lipinski definition) is 2. The van der Waals surface area contributed by atoms with Crippen LogP contribution in [0.3, 0.4) is 0 Å². The summed E-state index contributed by atoms with van der Waals surface area (Å²) in [4.78, 5) is 0. The molecule has 2 aromatic rings. The first kappa shape index (κ1) is 11.8. The minimum absolute atomic E-state index is 0.347. The van der Waals surface area contributed by atoms with Gasteiger partial charge < -0.3 is 5.32 Å². The predicted molar refractivity (Wildman–Crippen MR) is 65.3 cm³/mol. The van der Waals surface area contributed by atoms with E-state index in [1.54, 1.807) is 0 Å². The normalized spacial score (nSPS) is 12.6. The van der Waals surface area contributed by atoms with Crippen molar-refractivity contribution in [1.82, 2.24) is 15.5 Å². The van der Waals surface area contributed by atoms with Gasteiger partial charge in [0.05, 0.1) is 11.7 Å². The number of aryl methyl sites for hydroxylation is 1. The molecule has 0 amide bonds. The van der Waals surface area contributed by atoms with Crippen LogP contribution in [0.15, 0.2) is 36.4 Å². The number of halogens is 1. The second-order valence-corrected chi connectivity index (χ2v) is 4.05. The summed E-state index contributed by atoms with van der Waals surface area (Å²) in [7, 11) is 0. The van der Waals surface area contributed by atoms with Gasteiger partial charge in [-0.05, 0) is 18.6 Å². The van der Waals surface area contributed by atoms with Crippen LogP contribution in [-0.4, -0.2) is 16.9 Å². The molecule has 0 bridgehead atoms. The second kappa shape index (κ2) is 5.59. The van der Waals surface area contributed by atoms with Crippen molar-refractivity contribution >= 4 is 0 Å². The first-order valence-corrected chi connectivity index (χ1v) is 5.65. The maximum atomic E-state index is 12.9. The van der Waals surface area contributed by atoms with E-state index in [1.165, 1.54) is 0 Å². The van der Waals surface area contributed by atoms with E-state index in [1.807, 2.05) is 43.3 Å². The summed E-state index contributed by atoms with van der Waals surface area (Å²) < 4.78 is 12.9. The lowest BCUT2D eigenvalue weighted by Gasteiger charge is -2.12. The van der Waals surface area contributed by atoms with Gasteiger partial charge in [-0.15, -0.1) is 0 Å². The summed E-state index contributed by atoms with van der Waals surface area (Å²) >= 11 is 0. The largest absolute Gasteiger partial charge is 0.302 e. The molecule has 1 heterocycles. The molecule has 90 valence electrons. The third-order valence-corrected chi connectivity index (χ3v) is 2.63. The summed E-state index contributed by atoms with van der Waals surface area (Å²) in [6.45, 7) is 2.08. The van der Waals surface area contributed by atoms with Gasteiger partial charge in [-0.25, -0.2) is 4.39 Å². The van der Waals surface area contributed by atoms with E-state index in [4.69, 9.17) is 0 Å². The summed E-state index contributed by atoms with van der Waals surface area (Å²) in [6.07, 6.45) is 0. The number of alkyl halides is 1. The Labute approximate surface area is 100 Å². The zero-order chi connectivity index (χ0) is 12.1. The molecular weight excluding hydrogens is 217 g/mol. The molecule has 3 nitrogen and oxygen atoms in total. The van der Waals surface area contributed by atoms with E-state index < -0.39 is 6.67 Å². The predicted octanol–water partition coefficient (Wildman–Crippen LogP) is 2.52. The van der Waals surface area contributed by atoms with Gasteiger partial charge in [-0.1, -0.05) is 30.3 Å². The van der Waals surface area contributed by atoms with Gasteiger partial charge in [-0.3, -0.25) is 5.10 Å². The minimum Gasteiger partial charge on any atom is -0.302 e. The third kappa shape index (κ3) is 3.14. The van der Waals surface area contributed by atoms with Gasteiger partial charge >= 0.3 is 0 Å². The van der Waals surface area contributed by atoms with Crippen LogP contribution in [-0.2, 0) is 6.54 Å². The topological polar surface area (TPSA) is 40.7 Å². The van der Waals surface area contributed by atoms with E-state index in [0.717, 1.165) is 17.0 Å². The smallest absolute Gasteiger partial charge is 0.110 e. The number of H-pyrrole nitrogens is 1. The molecule has 0 aliphatic carbocycles. The van der Waals surface area contributed by atoms with Crippen LogP contribution in [0.2, 0.25) is 0 Å². The number of benzene rings is 1. The SMILES string of the molecule is Cc1cc(C(CF)NCc2ccccc2)n[nH]1. The van der Waals surface area contributed by atoms with Gasteiger partial charge in [0.2, 0.25) is 0 Å². The Balaban J connectivity index is 1.97. The number of nitrogens with zero attached hydrogens (tertiary/aromatic N) is 1. The van der Waals surface area contributed by atoms with E-state index in [-0.39, 0.29) is 6.04 Å². The Bertz CT molecular complexity index is 453. The highest BCUT2D eigenvalue weighted by Gasteiger charge is 2.13. The third-order valence-electron chi connectivity index (χ3n) is 2.63.